The monoisotopic (exact) mass is 200 g/mol. The lowest BCUT2D eigenvalue weighted by Gasteiger charge is -2.10. The van der Waals surface area contributed by atoms with E-state index in [9.17, 15) is 4.79 Å². The van der Waals surface area contributed by atoms with Crippen LogP contribution in [0.1, 0.15) is 6.92 Å². The molecule has 0 aliphatic carbocycles. The third-order valence-electron chi connectivity index (χ3n) is 1.48. The van der Waals surface area contributed by atoms with E-state index >= 15 is 0 Å². The highest BCUT2D eigenvalue weighted by Crippen LogP contribution is 2.17. The van der Waals surface area contributed by atoms with Crippen molar-refractivity contribution in [3.63, 3.8) is 0 Å². The predicted molar refractivity (Wildman–Crippen MR) is 50.0 cm³/mol. The van der Waals surface area contributed by atoms with Crippen LogP contribution in [0.3, 0.4) is 0 Å². The molecule has 13 heavy (non-hydrogen) atoms. The molecule has 0 fully saturated rings. The summed E-state index contributed by atoms with van der Waals surface area (Å²) in [6, 6.07) is 2.62. The first-order valence-electron chi connectivity index (χ1n) is 3.71. The Morgan fingerprint density at radius 3 is 3.00 bits per heavy atom. The SMILES string of the molecule is C[C@H](Nc1ncccc1Cl)C(=O)O. The summed E-state index contributed by atoms with van der Waals surface area (Å²) in [4.78, 5) is 14.4. The Labute approximate surface area is 80.6 Å². The number of carbonyl (C=O) groups is 1. The molecule has 1 heterocycles. The van der Waals surface area contributed by atoms with Crippen LogP contribution in [0.4, 0.5) is 5.82 Å². The number of halogens is 1. The summed E-state index contributed by atoms with van der Waals surface area (Å²) >= 11 is 5.76. The zero-order valence-corrected chi connectivity index (χ0v) is 7.75. The Bertz CT molecular complexity index is 317. The number of nitrogens with zero attached hydrogens (tertiary/aromatic N) is 1. The van der Waals surface area contributed by atoms with Gasteiger partial charge in [-0.3, -0.25) is 4.79 Å². The highest BCUT2D eigenvalue weighted by Gasteiger charge is 2.11. The van der Waals surface area contributed by atoms with Gasteiger partial charge in [-0.15, -0.1) is 0 Å². The lowest BCUT2D eigenvalue weighted by Crippen LogP contribution is -2.25. The van der Waals surface area contributed by atoms with Gasteiger partial charge in [0.25, 0.3) is 0 Å². The molecule has 1 aromatic rings. The molecule has 0 unspecified atom stereocenters. The number of anilines is 1. The number of carboxylic acids is 1. The fourth-order valence-electron chi connectivity index (χ4n) is 0.759. The van der Waals surface area contributed by atoms with Crippen molar-refractivity contribution in [3.05, 3.63) is 23.4 Å². The molecule has 0 spiro atoms. The third-order valence-corrected chi connectivity index (χ3v) is 1.79. The molecule has 4 nitrogen and oxygen atoms in total. The maximum Gasteiger partial charge on any atom is 0.325 e. The molecule has 0 aromatic carbocycles. The summed E-state index contributed by atoms with van der Waals surface area (Å²) in [5.41, 5.74) is 0. The molecule has 5 heteroatoms. The first kappa shape index (κ1) is 9.80. The first-order valence-corrected chi connectivity index (χ1v) is 4.09. The largest absolute Gasteiger partial charge is 0.480 e. The minimum Gasteiger partial charge on any atom is -0.480 e. The van der Waals surface area contributed by atoms with Gasteiger partial charge < -0.3 is 10.4 Å². The van der Waals surface area contributed by atoms with Crippen LogP contribution in [0.5, 0.6) is 0 Å². The molecule has 0 aliphatic rings. The second-order valence-corrected chi connectivity index (χ2v) is 2.95. The molecule has 0 bridgehead atoms. The molecular weight excluding hydrogens is 192 g/mol. The van der Waals surface area contributed by atoms with Crippen LogP contribution in [-0.2, 0) is 4.79 Å². The van der Waals surface area contributed by atoms with Gasteiger partial charge in [-0.2, -0.15) is 0 Å². The molecule has 2 N–H and O–H groups in total. The minimum absolute atomic E-state index is 0.388. The molecule has 0 amide bonds. The van der Waals surface area contributed by atoms with Crippen LogP contribution in [0, 0.1) is 0 Å². The zero-order valence-electron chi connectivity index (χ0n) is 6.99. The molecular formula is C8H9ClN2O2. The van der Waals surface area contributed by atoms with Gasteiger partial charge in [0.1, 0.15) is 11.9 Å². The average Bonchev–Trinajstić information content (AvgIpc) is 2.08. The van der Waals surface area contributed by atoms with Gasteiger partial charge in [0, 0.05) is 6.20 Å². The van der Waals surface area contributed by atoms with Crippen LogP contribution in [0.2, 0.25) is 5.02 Å². The summed E-state index contributed by atoms with van der Waals surface area (Å²) in [6.45, 7) is 1.52. The Hall–Kier alpha value is -1.29. The normalized spacial score (nSPS) is 12.2. The highest BCUT2D eigenvalue weighted by molar-refractivity contribution is 6.32. The lowest BCUT2D eigenvalue weighted by atomic mass is 10.3. The van der Waals surface area contributed by atoms with E-state index < -0.39 is 12.0 Å². The van der Waals surface area contributed by atoms with E-state index in [0.29, 0.717) is 10.8 Å². The zero-order chi connectivity index (χ0) is 9.84. The van der Waals surface area contributed by atoms with Crippen molar-refractivity contribution in [2.45, 2.75) is 13.0 Å². The molecule has 70 valence electrons. The van der Waals surface area contributed by atoms with Gasteiger partial charge in [0.2, 0.25) is 0 Å². The van der Waals surface area contributed by atoms with Crippen molar-refractivity contribution in [1.29, 1.82) is 0 Å². The molecule has 1 atom stereocenters. The van der Waals surface area contributed by atoms with E-state index in [1.165, 1.54) is 6.92 Å². The van der Waals surface area contributed by atoms with Gasteiger partial charge >= 0.3 is 5.97 Å². The quantitative estimate of drug-likeness (QED) is 0.779. The van der Waals surface area contributed by atoms with Gasteiger partial charge in [-0.05, 0) is 19.1 Å². The summed E-state index contributed by atoms with van der Waals surface area (Å²) in [5, 5.41) is 11.7. The van der Waals surface area contributed by atoms with Gasteiger partial charge in [-0.25, -0.2) is 4.98 Å². The van der Waals surface area contributed by atoms with E-state index in [1.54, 1.807) is 18.3 Å². The summed E-state index contributed by atoms with van der Waals surface area (Å²) < 4.78 is 0. The molecule has 0 saturated carbocycles. The van der Waals surface area contributed by atoms with Crippen molar-refractivity contribution >= 4 is 23.4 Å². The summed E-state index contributed by atoms with van der Waals surface area (Å²) in [5.74, 6) is -0.555. The minimum atomic E-state index is -0.943. The fourth-order valence-corrected chi connectivity index (χ4v) is 0.935. The predicted octanol–water partition coefficient (Wildman–Crippen LogP) is 1.62. The van der Waals surface area contributed by atoms with Crippen LogP contribution >= 0.6 is 11.6 Å². The van der Waals surface area contributed by atoms with Crippen molar-refractivity contribution in [2.24, 2.45) is 0 Å². The maximum absolute atomic E-state index is 10.5. The topological polar surface area (TPSA) is 62.2 Å². The Morgan fingerprint density at radius 2 is 2.46 bits per heavy atom. The number of hydrogen-bond acceptors (Lipinski definition) is 3. The Morgan fingerprint density at radius 1 is 1.77 bits per heavy atom. The second kappa shape index (κ2) is 4.09. The number of aliphatic carboxylic acids is 1. The first-order chi connectivity index (χ1) is 6.11. The van der Waals surface area contributed by atoms with Crippen molar-refractivity contribution in [2.75, 3.05) is 5.32 Å². The second-order valence-electron chi connectivity index (χ2n) is 2.54. The molecule has 0 radical (unpaired) electrons. The van der Waals surface area contributed by atoms with Crippen LogP contribution in [-0.4, -0.2) is 22.1 Å². The number of rotatable bonds is 3. The van der Waals surface area contributed by atoms with Crippen molar-refractivity contribution < 1.29 is 9.90 Å². The smallest absolute Gasteiger partial charge is 0.325 e. The lowest BCUT2D eigenvalue weighted by molar-refractivity contribution is -0.137. The molecule has 1 aromatic heterocycles. The fraction of sp³-hybridized carbons (Fsp3) is 0.250. The van der Waals surface area contributed by atoms with Crippen LogP contribution in [0.15, 0.2) is 18.3 Å². The number of carboxylic acid groups (broad SMARTS) is 1. The Balaban J connectivity index is 2.74. The molecule has 1 rings (SSSR count). The summed E-state index contributed by atoms with van der Waals surface area (Å²) in [7, 11) is 0. The number of nitrogens with one attached hydrogen (secondary N) is 1. The summed E-state index contributed by atoms with van der Waals surface area (Å²) in [6.07, 6.45) is 1.54. The van der Waals surface area contributed by atoms with E-state index in [0.717, 1.165) is 0 Å². The standard InChI is InChI=1S/C8H9ClN2O2/c1-5(8(12)13)11-7-6(9)3-2-4-10-7/h2-5H,1H3,(H,10,11)(H,12,13)/t5-/m0/s1. The van der Waals surface area contributed by atoms with E-state index in [4.69, 9.17) is 16.7 Å². The van der Waals surface area contributed by atoms with E-state index in [1.807, 2.05) is 0 Å². The van der Waals surface area contributed by atoms with Crippen LogP contribution < -0.4 is 5.32 Å². The van der Waals surface area contributed by atoms with Gasteiger partial charge in [-0.1, -0.05) is 11.6 Å². The Kier molecular flexibility index (Phi) is 3.08. The molecule has 0 aliphatic heterocycles. The van der Waals surface area contributed by atoms with Gasteiger partial charge in [0.15, 0.2) is 0 Å². The van der Waals surface area contributed by atoms with E-state index in [-0.39, 0.29) is 0 Å². The number of pyridine rings is 1. The third kappa shape index (κ3) is 2.59. The van der Waals surface area contributed by atoms with E-state index in [2.05, 4.69) is 10.3 Å². The number of hydrogen-bond donors (Lipinski definition) is 2. The maximum atomic E-state index is 10.5. The molecule has 0 saturated heterocycles. The van der Waals surface area contributed by atoms with Crippen LogP contribution in [0.25, 0.3) is 0 Å². The number of aromatic nitrogens is 1. The highest BCUT2D eigenvalue weighted by atomic mass is 35.5. The van der Waals surface area contributed by atoms with Crippen molar-refractivity contribution in [3.8, 4) is 0 Å². The average molecular weight is 201 g/mol. The van der Waals surface area contributed by atoms with Crippen molar-refractivity contribution in [1.82, 2.24) is 4.98 Å². The van der Waals surface area contributed by atoms with Gasteiger partial charge in [0.05, 0.1) is 5.02 Å².